The van der Waals surface area contributed by atoms with Crippen molar-refractivity contribution in [1.82, 2.24) is 10.4 Å². The summed E-state index contributed by atoms with van der Waals surface area (Å²) in [6, 6.07) is 2.88. The Morgan fingerprint density at radius 2 is 1.96 bits per heavy atom. The molecule has 0 aliphatic rings. The topological polar surface area (TPSA) is 80.4 Å². The van der Waals surface area contributed by atoms with Crippen LogP contribution in [-0.2, 0) is 0 Å². The van der Waals surface area contributed by atoms with Gasteiger partial charge in [0.05, 0.1) is 16.9 Å². The van der Waals surface area contributed by atoms with Crippen molar-refractivity contribution < 1.29 is 13.6 Å². The normalized spacial score (nSPS) is 11.0. The summed E-state index contributed by atoms with van der Waals surface area (Å²) in [6.45, 7) is 0. The first-order valence-corrected chi connectivity index (χ1v) is 7.03. The van der Waals surface area contributed by atoms with E-state index in [9.17, 15) is 13.6 Å². The second kappa shape index (κ2) is 7.08. The highest BCUT2D eigenvalue weighted by molar-refractivity contribution is 6.46. The van der Waals surface area contributed by atoms with E-state index in [1.54, 1.807) is 0 Å². The van der Waals surface area contributed by atoms with E-state index in [2.05, 4.69) is 15.5 Å². The summed E-state index contributed by atoms with van der Waals surface area (Å²) in [5.74, 6) is -2.40. The zero-order valence-corrected chi connectivity index (χ0v) is 13.3. The lowest BCUT2D eigenvalue weighted by Gasteiger charge is -2.07. The molecule has 0 saturated heterocycles. The molecular weight excluding hydrogens is 373 g/mol. The third-order valence-electron chi connectivity index (χ3n) is 2.62. The average molecular weight is 380 g/mol. The Labute approximate surface area is 144 Å². The Kier molecular flexibility index (Phi) is 5.35. The van der Waals surface area contributed by atoms with Gasteiger partial charge in [-0.3, -0.25) is 4.79 Å². The fourth-order valence-electron chi connectivity index (χ4n) is 1.50. The van der Waals surface area contributed by atoms with Gasteiger partial charge in [-0.15, -0.1) is 0 Å². The predicted molar refractivity (Wildman–Crippen MR) is 85.1 cm³/mol. The molecule has 0 fully saturated rings. The Morgan fingerprint density at radius 1 is 1.26 bits per heavy atom. The highest BCUT2D eigenvalue weighted by Crippen LogP contribution is 2.34. The molecule has 1 aromatic heterocycles. The highest BCUT2D eigenvalue weighted by Gasteiger charge is 2.19. The van der Waals surface area contributed by atoms with Gasteiger partial charge in [-0.25, -0.2) is 19.2 Å². The molecule has 3 N–H and O–H groups in total. The molecule has 0 radical (unpaired) electrons. The molecule has 120 valence electrons. The van der Waals surface area contributed by atoms with Gasteiger partial charge in [0.15, 0.2) is 10.8 Å². The van der Waals surface area contributed by atoms with Crippen LogP contribution >= 0.6 is 34.8 Å². The van der Waals surface area contributed by atoms with Gasteiger partial charge in [0, 0.05) is 11.6 Å². The van der Waals surface area contributed by atoms with Gasteiger partial charge in [0.1, 0.15) is 16.7 Å². The minimum Gasteiger partial charge on any atom is -0.396 e. The predicted octanol–water partition coefficient (Wildman–Crippen LogP) is 3.67. The molecule has 10 heteroatoms. The number of carbonyl (C=O) groups is 1. The number of rotatable bonds is 3. The number of hydrogen-bond donors (Lipinski definition) is 2. The van der Waals surface area contributed by atoms with E-state index in [4.69, 9.17) is 40.5 Å². The fraction of sp³-hybridized carbons (Fsp3) is 0. The number of nitrogen functional groups attached to an aromatic ring is 1. The molecule has 2 rings (SSSR count). The van der Waals surface area contributed by atoms with Gasteiger partial charge in [-0.05, 0) is 12.1 Å². The summed E-state index contributed by atoms with van der Waals surface area (Å²) in [5.41, 5.74) is 7.22. The fourth-order valence-corrected chi connectivity index (χ4v) is 2.10. The summed E-state index contributed by atoms with van der Waals surface area (Å²) in [6.07, 6.45) is 0.988. The van der Waals surface area contributed by atoms with Crippen LogP contribution in [0.5, 0.6) is 0 Å². The van der Waals surface area contributed by atoms with Gasteiger partial charge in [0.2, 0.25) is 0 Å². The number of hydrazone groups is 1. The number of aromatic nitrogens is 1. The molecule has 0 bridgehead atoms. The molecule has 0 spiro atoms. The second-order valence-corrected chi connectivity index (χ2v) is 5.27. The lowest BCUT2D eigenvalue weighted by Crippen LogP contribution is -2.20. The van der Waals surface area contributed by atoms with E-state index in [0.717, 1.165) is 18.3 Å². The maximum atomic E-state index is 13.4. The van der Waals surface area contributed by atoms with Crippen molar-refractivity contribution in [2.45, 2.75) is 0 Å². The SMILES string of the molecule is Nc1c(Cl)c(Cl)nc(C(=O)N/N=C/c2ccc(F)cc2F)c1Cl. The van der Waals surface area contributed by atoms with Crippen LogP contribution in [0.3, 0.4) is 0 Å². The molecule has 0 saturated carbocycles. The summed E-state index contributed by atoms with van der Waals surface area (Å²) in [5, 5.41) is 3.05. The molecule has 1 amide bonds. The van der Waals surface area contributed by atoms with Gasteiger partial charge < -0.3 is 5.73 Å². The number of nitrogens with one attached hydrogen (secondary N) is 1. The molecule has 1 aromatic carbocycles. The second-order valence-electron chi connectivity index (χ2n) is 4.16. The minimum atomic E-state index is -0.835. The largest absolute Gasteiger partial charge is 0.396 e. The molecule has 23 heavy (non-hydrogen) atoms. The number of carbonyl (C=O) groups excluding carboxylic acids is 1. The van der Waals surface area contributed by atoms with Crippen LogP contribution in [0, 0.1) is 11.6 Å². The number of anilines is 1. The van der Waals surface area contributed by atoms with Crippen molar-refractivity contribution in [2.24, 2.45) is 5.10 Å². The number of hydrogen-bond acceptors (Lipinski definition) is 4. The van der Waals surface area contributed by atoms with E-state index in [1.807, 2.05) is 0 Å². The van der Waals surface area contributed by atoms with Crippen LogP contribution in [0.1, 0.15) is 16.1 Å². The van der Waals surface area contributed by atoms with Crippen molar-refractivity contribution in [3.05, 3.63) is 56.3 Å². The van der Waals surface area contributed by atoms with Crippen molar-refractivity contribution in [1.29, 1.82) is 0 Å². The summed E-state index contributed by atoms with van der Waals surface area (Å²) in [4.78, 5) is 15.6. The number of pyridine rings is 1. The van der Waals surface area contributed by atoms with E-state index in [1.165, 1.54) is 0 Å². The first kappa shape index (κ1) is 17.4. The Morgan fingerprint density at radius 3 is 2.61 bits per heavy atom. The standard InChI is InChI=1S/C13H7Cl3F2N4O/c14-8-10(19)9(15)12(16)21-11(8)13(23)22-20-4-5-1-2-6(17)3-7(5)18/h1-4H,(H2,19,21)(H,22,23)/b20-4+. The van der Waals surface area contributed by atoms with E-state index in [0.29, 0.717) is 6.07 Å². The van der Waals surface area contributed by atoms with Gasteiger partial charge in [-0.2, -0.15) is 5.10 Å². The lowest BCUT2D eigenvalue weighted by atomic mass is 10.2. The minimum absolute atomic E-state index is 0.0283. The number of halogens is 5. The smallest absolute Gasteiger partial charge is 0.291 e. The van der Waals surface area contributed by atoms with E-state index >= 15 is 0 Å². The first-order chi connectivity index (χ1) is 10.8. The van der Waals surface area contributed by atoms with Crippen molar-refractivity contribution in [3.63, 3.8) is 0 Å². The zero-order valence-electron chi connectivity index (χ0n) is 11.1. The van der Waals surface area contributed by atoms with Gasteiger partial charge >= 0.3 is 0 Å². The molecule has 5 nitrogen and oxygen atoms in total. The van der Waals surface area contributed by atoms with E-state index in [-0.39, 0.29) is 32.1 Å². The molecular formula is C13H7Cl3F2N4O. The van der Waals surface area contributed by atoms with Crippen molar-refractivity contribution in [2.75, 3.05) is 5.73 Å². The summed E-state index contributed by atoms with van der Waals surface area (Å²) < 4.78 is 26.1. The third kappa shape index (κ3) is 3.87. The summed E-state index contributed by atoms with van der Waals surface area (Å²) >= 11 is 17.3. The molecule has 2 aromatic rings. The van der Waals surface area contributed by atoms with Crippen molar-refractivity contribution in [3.8, 4) is 0 Å². The third-order valence-corrected chi connectivity index (χ3v) is 3.75. The van der Waals surface area contributed by atoms with Crippen molar-refractivity contribution >= 4 is 52.6 Å². The van der Waals surface area contributed by atoms with Crippen LogP contribution in [0.25, 0.3) is 0 Å². The van der Waals surface area contributed by atoms with Crippen LogP contribution < -0.4 is 11.2 Å². The average Bonchev–Trinajstić information content (AvgIpc) is 2.50. The zero-order chi connectivity index (χ0) is 17.1. The Hall–Kier alpha value is -1.96. The maximum absolute atomic E-state index is 13.4. The van der Waals surface area contributed by atoms with Crippen LogP contribution in [0.4, 0.5) is 14.5 Å². The monoisotopic (exact) mass is 378 g/mol. The molecule has 0 unspecified atom stereocenters. The Balaban J connectivity index is 2.18. The van der Waals surface area contributed by atoms with Crippen LogP contribution in [0.15, 0.2) is 23.3 Å². The van der Waals surface area contributed by atoms with Crippen LogP contribution in [0.2, 0.25) is 15.2 Å². The number of nitrogens with two attached hydrogens (primary N) is 1. The number of nitrogens with zero attached hydrogens (tertiary/aromatic N) is 2. The molecule has 0 atom stereocenters. The van der Waals surface area contributed by atoms with E-state index < -0.39 is 17.5 Å². The van der Waals surface area contributed by atoms with Gasteiger partial charge in [-0.1, -0.05) is 34.8 Å². The lowest BCUT2D eigenvalue weighted by molar-refractivity contribution is 0.0950. The number of amides is 1. The molecule has 1 heterocycles. The Bertz CT molecular complexity index is 814. The quantitative estimate of drug-likeness (QED) is 0.485. The highest BCUT2D eigenvalue weighted by atomic mass is 35.5. The maximum Gasteiger partial charge on any atom is 0.291 e. The van der Waals surface area contributed by atoms with Gasteiger partial charge in [0.25, 0.3) is 5.91 Å². The number of benzene rings is 1. The molecule has 0 aliphatic heterocycles. The molecule has 0 aliphatic carbocycles. The summed E-state index contributed by atoms with van der Waals surface area (Å²) in [7, 11) is 0. The first-order valence-electron chi connectivity index (χ1n) is 5.89. The van der Waals surface area contributed by atoms with Crippen LogP contribution in [-0.4, -0.2) is 17.1 Å².